The Labute approximate surface area is 147 Å². The topological polar surface area (TPSA) is 91.5 Å². The van der Waals surface area contributed by atoms with Crippen LogP contribution in [0.4, 0.5) is 0 Å². The Morgan fingerprint density at radius 1 is 1.40 bits per heavy atom. The maximum Gasteiger partial charge on any atom is 0.234 e. The van der Waals surface area contributed by atoms with E-state index in [1.54, 1.807) is 14.2 Å². The number of nitrogens with one attached hydrogen (secondary N) is 2. The Kier molecular flexibility index (Phi) is 5.01. The molecule has 1 aromatic heterocycles. The molecule has 0 aliphatic carbocycles. The van der Waals surface area contributed by atoms with E-state index >= 15 is 0 Å². The molecule has 1 aliphatic rings. The first-order chi connectivity index (χ1) is 11.9. The molecule has 136 valence electrons. The quantitative estimate of drug-likeness (QED) is 0.794. The molecule has 2 N–H and O–H groups in total. The number of sulfone groups is 1. The van der Waals surface area contributed by atoms with Gasteiger partial charge in [0, 0.05) is 22.6 Å². The van der Waals surface area contributed by atoms with Gasteiger partial charge in [-0.05, 0) is 37.7 Å². The van der Waals surface area contributed by atoms with E-state index in [9.17, 15) is 13.2 Å². The molecule has 25 heavy (non-hydrogen) atoms. The van der Waals surface area contributed by atoms with Crippen molar-refractivity contribution in [1.82, 2.24) is 15.2 Å². The number of carbonyl (C=O) groups excluding carboxylic acids is 1. The molecule has 2 heterocycles. The van der Waals surface area contributed by atoms with E-state index < -0.39 is 9.84 Å². The third-order valence-corrected chi connectivity index (χ3v) is 6.33. The zero-order valence-electron chi connectivity index (χ0n) is 14.4. The van der Waals surface area contributed by atoms with Gasteiger partial charge in [-0.1, -0.05) is 0 Å². The second-order valence-corrected chi connectivity index (χ2v) is 8.73. The number of hydrogen-bond donors (Lipinski definition) is 2. The van der Waals surface area contributed by atoms with Gasteiger partial charge in [-0.25, -0.2) is 8.42 Å². The zero-order chi connectivity index (χ0) is 18.0. The summed E-state index contributed by atoms with van der Waals surface area (Å²) in [6, 6.07) is 7.66. The summed E-state index contributed by atoms with van der Waals surface area (Å²) in [5, 5.41) is 3.90. The number of rotatable bonds is 6. The molecule has 1 saturated heterocycles. The van der Waals surface area contributed by atoms with Gasteiger partial charge < -0.3 is 15.0 Å². The van der Waals surface area contributed by atoms with Crippen LogP contribution in [0, 0.1) is 0 Å². The van der Waals surface area contributed by atoms with Crippen LogP contribution in [0.15, 0.2) is 24.3 Å². The number of hydrogen-bond acceptors (Lipinski definition) is 5. The van der Waals surface area contributed by atoms with E-state index in [0.29, 0.717) is 13.0 Å². The normalized spacial score (nSPS) is 19.4. The average molecular weight is 365 g/mol. The van der Waals surface area contributed by atoms with Gasteiger partial charge >= 0.3 is 0 Å². The van der Waals surface area contributed by atoms with Crippen LogP contribution < -0.4 is 10.1 Å². The molecule has 0 saturated carbocycles. The number of methoxy groups -OCH3 is 1. The highest BCUT2D eigenvalue weighted by Crippen LogP contribution is 2.21. The molecule has 0 spiro atoms. The number of aromatic amines is 1. The monoisotopic (exact) mass is 365 g/mol. The molecule has 8 heteroatoms. The number of nitrogens with zero attached hydrogens (tertiary/aromatic N) is 1. The molecule has 0 radical (unpaired) electrons. The largest absolute Gasteiger partial charge is 0.497 e. The molecule has 1 fully saturated rings. The minimum Gasteiger partial charge on any atom is -0.497 e. The second-order valence-electron chi connectivity index (χ2n) is 6.50. The second kappa shape index (κ2) is 7.05. The number of amides is 1. The van der Waals surface area contributed by atoms with Crippen LogP contribution in [-0.4, -0.2) is 62.5 Å². The van der Waals surface area contributed by atoms with Crippen molar-refractivity contribution in [2.45, 2.75) is 19.0 Å². The average Bonchev–Trinajstić information content (AvgIpc) is 3.14. The Bertz CT molecular complexity index is 875. The molecule has 0 bridgehead atoms. The lowest BCUT2D eigenvalue weighted by atomic mass is 10.2. The van der Waals surface area contributed by atoms with E-state index in [1.807, 2.05) is 29.2 Å². The van der Waals surface area contributed by atoms with Crippen LogP contribution in [0.5, 0.6) is 5.75 Å². The third kappa shape index (κ3) is 4.32. The van der Waals surface area contributed by atoms with Crippen molar-refractivity contribution in [2.75, 3.05) is 32.2 Å². The molecule has 1 aliphatic heterocycles. The molecule has 0 unspecified atom stereocenters. The fraction of sp³-hybridized carbons (Fsp3) is 0.471. The minimum atomic E-state index is -2.94. The zero-order valence-corrected chi connectivity index (χ0v) is 15.2. The van der Waals surface area contributed by atoms with Crippen molar-refractivity contribution < 1.29 is 17.9 Å². The van der Waals surface area contributed by atoms with Gasteiger partial charge in [-0.15, -0.1) is 0 Å². The molecule has 1 atom stereocenters. The van der Waals surface area contributed by atoms with Crippen molar-refractivity contribution >= 4 is 26.6 Å². The van der Waals surface area contributed by atoms with Gasteiger partial charge in [0.05, 0.1) is 31.7 Å². The van der Waals surface area contributed by atoms with Crippen LogP contribution in [0.25, 0.3) is 10.9 Å². The van der Waals surface area contributed by atoms with E-state index in [0.717, 1.165) is 22.3 Å². The van der Waals surface area contributed by atoms with Crippen LogP contribution in [0.1, 0.15) is 12.1 Å². The lowest BCUT2D eigenvalue weighted by Gasteiger charge is -2.22. The van der Waals surface area contributed by atoms with Gasteiger partial charge in [-0.2, -0.15) is 0 Å². The number of carbonyl (C=O) groups is 1. The Morgan fingerprint density at radius 2 is 2.20 bits per heavy atom. The summed E-state index contributed by atoms with van der Waals surface area (Å²) in [7, 11) is 0.477. The van der Waals surface area contributed by atoms with Crippen LogP contribution in [0.3, 0.4) is 0 Å². The van der Waals surface area contributed by atoms with Crippen LogP contribution in [-0.2, 0) is 21.2 Å². The molecule has 7 nitrogen and oxygen atoms in total. The fourth-order valence-electron chi connectivity index (χ4n) is 3.12. The van der Waals surface area contributed by atoms with E-state index in [4.69, 9.17) is 4.74 Å². The van der Waals surface area contributed by atoms with Gasteiger partial charge in [0.25, 0.3) is 0 Å². The number of likely N-dealkylation sites (N-methyl/N-ethyl adjacent to an activating group) is 1. The lowest BCUT2D eigenvalue weighted by molar-refractivity contribution is -0.122. The molecule has 1 aromatic carbocycles. The molecule has 3 rings (SSSR count). The number of aromatic nitrogens is 1. The highest BCUT2D eigenvalue weighted by atomic mass is 32.2. The van der Waals surface area contributed by atoms with Crippen molar-refractivity contribution in [3.05, 3.63) is 30.0 Å². The molecule has 2 aromatic rings. The predicted octanol–water partition coefficient (Wildman–Crippen LogP) is 0.912. The first-order valence-corrected chi connectivity index (χ1v) is 10.0. The summed E-state index contributed by atoms with van der Waals surface area (Å²) in [5.41, 5.74) is 1.89. The van der Waals surface area contributed by atoms with Crippen molar-refractivity contribution in [1.29, 1.82) is 0 Å². The molecular weight excluding hydrogens is 342 g/mol. The predicted molar refractivity (Wildman–Crippen MR) is 96.4 cm³/mol. The van der Waals surface area contributed by atoms with Crippen molar-refractivity contribution in [3.63, 3.8) is 0 Å². The van der Waals surface area contributed by atoms with Gasteiger partial charge in [-0.3, -0.25) is 9.69 Å². The lowest BCUT2D eigenvalue weighted by Crippen LogP contribution is -2.41. The Hall–Kier alpha value is -2.06. The number of H-pyrrole nitrogens is 1. The number of benzene rings is 1. The SMILES string of the molecule is COc1ccc2[nH]c(CNC(=O)CN(C)[C@@H]3CCS(=O)(=O)C3)cc2c1. The van der Waals surface area contributed by atoms with E-state index in [-0.39, 0.29) is 30.0 Å². The number of ether oxygens (including phenoxy) is 1. The first-order valence-electron chi connectivity index (χ1n) is 8.19. The Morgan fingerprint density at radius 3 is 2.88 bits per heavy atom. The maximum absolute atomic E-state index is 12.1. The molecule has 1 amide bonds. The van der Waals surface area contributed by atoms with E-state index in [2.05, 4.69) is 10.3 Å². The van der Waals surface area contributed by atoms with Gasteiger partial charge in [0.1, 0.15) is 5.75 Å². The summed E-state index contributed by atoms with van der Waals surface area (Å²) in [6.07, 6.45) is 0.593. The number of fused-ring (bicyclic) bond motifs is 1. The highest BCUT2D eigenvalue weighted by Gasteiger charge is 2.31. The van der Waals surface area contributed by atoms with Crippen LogP contribution >= 0.6 is 0 Å². The van der Waals surface area contributed by atoms with Crippen molar-refractivity contribution in [3.8, 4) is 5.75 Å². The Balaban J connectivity index is 1.53. The summed E-state index contributed by atoms with van der Waals surface area (Å²) in [5.74, 6) is 1.02. The van der Waals surface area contributed by atoms with E-state index in [1.165, 1.54) is 0 Å². The minimum absolute atomic E-state index is 0.0729. The maximum atomic E-state index is 12.1. The summed E-state index contributed by atoms with van der Waals surface area (Å²) in [6.45, 7) is 0.584. The fourth-order valence-corrected chi connectivity index (χ4v) is 4.93. The van der Waals surface area contributed by atoms with Crippen LogP contribution in [0.2, 0.25) is 0 Å². The standard InChI is InChI=1S/C17H23N3O4S/c1-20(14-5-6-25(22,23)11-14)10-17(21)18-9-13-7-12-8-15(24-2)3-4-16(12)19-13/h3-4,7-8,14,19H,5-6,9-11H2,1-2H3,(H,18,21)/t14-/m1/s1. The first kappa shape index (κ1) is 17.8. The summed E-state index contributed by atoms with van der Waals surface area (Å²) >= 11 is 0. The highest BCUT2D eigenvalue weighted by molar-refractivity contribution is 7.91. The van der Waals surface area contributed by atoms with Crippen molar-refractivity contribution in [2.24, 2.45) is 0 Å². The third-order valence-electron chi connectivity index (χ3n) is 4.58. The van der Waals surface area contributed by atoms with Gasteiger partial charge in [0.15, 0.2) is 9.84 Å². The van der Waals surface area contributed by atoms with Gasteiger partial charge in [0.2, 0.25) is 5.91 Å². The molecular formula is C17H23N3O4S. The smallest absolute Gasteiger partial charge is 0.234 e. The summed E-state index contributed by atoms with van der Waals surface area (Å²) < 4.78 is 28.3. The summed E-state index contributed by atoms with van der Waals surface area (Å²) in [4.78, 5) is 17.2.